The summed E-state index contributed by atoms with van der Waals surface area (Å²) in [6.07, 6.45) is 0. The molecule has 1 unspecified atom stereocenters. The summed E-state index contributed by atoms with van der Waals surface area (Å²) in [5.41, 5.74) is 0. The molecular formula is C3H6NO2P. The summed E-state index contributed by atoms with van der Waals surface area (Å²) < 4.78 is 0. The van der Waals surface area contributed by atoms with E-state index in [4.69, 9.17) is 0 Å². The third-order valence-corrected chi connectivity index (χ3v) is 0.713. The zero-order valence-corrected chi connectivity index (χ0v) is 5.05. The summed E-state index contributed by atoms with van der Waals surface area (Å²) in [5.74, 6) is -1.06. The Morgan fingerprint density at radius 2 is 2.00 bits per heavy atom. The zero-order valence-electron chi connectivity index (χ0n) is 3.89. The lowest BCUT2D eigenvalue weighted by Crippen LogP contribution is -2.19. The molecule has 3 nitrogen and oxygen atoms in total. The van der Waals surface area contributed by atoms with Gasteiger partial charge in [-0.3, -0.25) is 9.59 Å². The van der Waals surface area contributed by atoms with E-state index in [0.717, 1.165) is 0 Å². The molecule has 1 amide bonds. The van der Waals surface area contributed by atoms with E-state index in [-0.39, 0.29) is 0 Å². The van der Waals surface area contributed by atoms with Gasteiger partial charge >= 0.3 is 0 Å². The van der Waals surface area contributed by atoms with E-state index in [1.54, 1.807) is 0 Å². The predicted molar refractivity (Wildman–Crippen MR) is 28.5 cm³/mol. The van der Waals surface area contributed by atoms with Crippen molar-refractivity contribution in [2.45, 2.75) is 6.92 Å². The Bertz CT molecular complexity index is 101. The van der Waals surface area contributed by atoms with Gasteiger partial charge in [0.1, 0.15) is 0 Å². The van der Waals surface area contributed by atoms with Crippen LogP contribution in [0.15, 0.2) is 0 Å². The first kappa shape index (κ1) is 6.57. The Morgan fingerprint density at radius 3 is 2.00 bits per heavy atom. The van der Waals surface area contributed by atoms with Crippen molar-refractivity contribution in [1.82, 2.24) is 5.09 Å². The lowest BCUT2D eigenvalue weighted by atomic mass is 10.4. The van der Waals surface area contributed by atoms with Gasteiger partial charge in [-0.05, 0) is 9.39 Å². The molecule has 40 valence electrons. The van der Waals surface area contributed by atoms with Gasteiger partial charge < -0.3 is 5.09 Å². The molecule has 0 aromatic rings. The van der Waals surface area contributed by atoms with Gasteiger partial charge in [-0.2, -0.15) is 0 Å². The van der Waals surface area contributed by atoms with Crippen LogP contribution in [0, 0.1) is 0 Å². The highest BCUT2D eigenvalue weighted by atomic mass is 31.0. The first-order valence-electron chi connectivity index (χ1n) is 1.70. The van der Waals surface area contributed by atoms with Crippen molar-refractivity contribution < 1.29 is 9.59 Å². The van der Waals surface area contributed by atoms with Crippen molar-refractivity contribution in [1.29, 1.82) is 0 Å². The number of ketones is 1. The molecule has 0 fully saturated rings. The minimum absolute atomic E-state index is 0.477. The summed E-state index contributed by atoms with van der Waals surface area (Å²) in [4.78, 5) is 20.0. The van der Waals surface area contributed by atoms with Gasteiger partial charge in [0.2, 0.25) is 5.78 Å². The number of rotatable bonds is 1. The highest BCUT2D eigenvalue weighted by molar-refractivity contribution is 7.15. The van der Waals surface area contributed by atoms with Gasteiger partial charge in [-0.15, -0.1) is 0 Å². The maximum Gasteiger partial charge on any atom is 0.289 e. The topological polar surface area (TPSA) is 46.2 Å². The number of hydrogen-bond acceptors (Lipinski definition) is 2. The average molecular weight is 119 g/mol. The lowest BCUT2D eigenvalue weighted by molar-refractivity contribution is -0.135. The molecule has 0 saturated heterocycles. The quantitative estimate of drug-likeness (QED) is 0.373. The summed E-state index contributed by atoms with van der Waals surface area (Å²) in [5, 5.41) is 2.09. The Labute approximate surface area is 43.7 Å². The molecule has 0 heterocycles. The van der Waals surface area contributed by atoms with Crippen LogP contribution in [0.5, 0.6) is 0 Å². The van der Waals surface area contributed by atoms with E-state index < -0.39 is 11.7 Å². The molecule has 0 aliphatic rings. The third kappa shape index (κ3) is 2.29. The average Bonchev–Trinajstić information content (AvgIpc) is 1.65. The number of hydrogen-bond donors (Lipinski definition) is 1. The van der Waals surface area contributed by atoms with Gasteiger partial charge in [0.25, 0.3) is 5.91 Å². The lowest BCUT2D eigenvalue weighted by Gasteiger charge is -1.86. The molecule has 1 atom stereocenters. The summed E-state index contributed by atoms with van der Waals surface area (Å²) in [6, 6.07) is 0. The normalized spacial score (nSPS) is 7.71. The van der Waals surface area contributed by atoms with Gasteiger partial charge in [0, 0.05) is 6.92 Å². The molecule has 7 heavy (non-hydrogen) atoms. The zero-order chi connectivity index (χ0) is 5.86. The highest BCUT2D eigenvalue weighted by Gasteiger charge is 2.00. The van der Waals surface area contributed by atoms with Crippen molar-refractivity contribution in [3.63, 3.8) is 0 Å². The van der Waals surface area contributed by atoms with Gasteiger partial charge in [0.05, 0.1) is 0 Å². The van der Waals surface area contributed by atoms with Crippen molar-refractivity contribution in [2.75, 3.05) is 0 Å². The third-order valence-electron chi connectivity index (χ3n) is 0.451. The molecule has 0 aromatic heterocycles. The minimum atomic E-state index is -0.579. The van der Waals surface area contributed by atoms with Crippen molar-refractivity contribution in [2.24, 2.45) is 0 Å². The van der Waals surface area contributed by atoms with E-state index in [1.807, 2.05) is 9.39 Å². The molecule has 0 saturated carbocycles. The molecule has 1 N–H and O–H groups in total. The highest BCUT2D eigenvalue weighted by Crippen LogP contribution is 1.72. The van der Waals surface area contributed by atoms with Crippen LogP contribution in [0.1, 0.15) is 6.92 Å². The van der Waals surface area contributed by atoms with Crippen LogP contribution in [0.2, 0.25) is 0 Å². The molecule has 0 aliphatic heterocycles. The van der Waals surface area contributed by atoms with E-state index in [1.165, 1.54) is 6.92 Å². The number of carbonyl (C=O) groups is 2. The van der Waals surface area contributed by atoms with Gasteiger partial charge in [-0.1, -0.05) is 0 Å². The maximum atomic E-state index is 10.0. The summed E-state index contributed by atoms with van der Waals surface area (Å²) in [6.45, 7) is 1.21. The second-order valence-corrected chi connectivity index (χ2v) is 1.32. The summed E-state index contributed by atoms with van der Waals surface area (Å²) in [7, 11) is 1.94. The fourth-order valence-electron chi connectivity index (χ4n) is 0.102. The van der Waals surface area contributed by atoms with Crippen LogP contribution in [0.25, 0.3) is 0 Å². The molecular weight excluding hydrogens is 113 g/mol. The first-order valence-corrected chi connectivity index (χ1v) is 2.27. The minimum Gasteiger partial charge on any atom is -0.334 e. The number of amides is 1. The van der Waals surface area contributed by atoms with Crippen LogP contribution < -0.4 is 5.09 Å². The Morgan fingerprint density at radius 1 is 1.57 bits per heavy atom. The number of nitrogens with one attached hydrogen (secondary N) is 1. The van der Waals surface area contributed by atoms with Crippen LogP contribution >= 0.6 is 9.39 Å². The molecule has 0 bridgehead atoms. The van der Waals surface area contributed by atoms with Crippen molar-refractivity contribution in [3.05, 3.63) is 0 Å². The monoisotopic (exact) mass is 119 g/mol. The summed E-state index contributed by atoms with van der Waals surface area (Å²) >= 11 is 0. The molecule has 4 heteroatoms. The van der Waals surface area contributed by atoms with Gasteiger partial charge in [-0.25, -0.2) is 0 Å². The molecule has 0 spiro atoms. The van der Waals surface area contributed by atoms with Crippen LogP contribution in [-0.2, 0) is 9.59 Å². The van der Waals surface area contributed by atoms with Crippen molar-refractivity contribution in [3.8, 4) is 0 Å². The number of Topliss-reactive ketones (excluding diaryl/α,β-unsaturated/α-hetero) is 1. The smallest absolute Gasteiger partial charge is 0.289 e. The molecule has 0 aliphatic carbocycles. The van der Waals surface area contributed by atoms with E-state index >= 15 is 0 Å². The Kier molecular flexibility index (Phi) is 2.53. The van der Waals surface area contributed by atoms with Gasteiger partial charge in [0.15, 0.2) is 0 Å². The maximum absolute atomic E-state index is 10.0. The Hall–Kier alpha value is -0.430. The standard InChI is InChI=1S/C3H6NO2P/c1-2(5)3(6)4-7/h7H2,1H3,(H,4,6). The van der Waals surface area contributed by atoms with E-state index in [9.17, 15) is 9.59 Å². The number of carbonyl (C=O) groups excluding carboxylic acids is 2. The second kappa shape index (κ2) is 2.69. The fourth-order valence-corrected chi connectivity index (χ4v) is 0.305. The van der Waals surface area contributed by atoms with E-state index in [0.29, 0.717) is 0 Å². The largest absolute Gasteiger partial charge is 0.334 e. The van der Waals surface area contributed by atoms with Crippen LogP contribution in [-0.4, -0.2) is 11.7 Å². The van der Waals surface area contributed by atoms with Crippen LogP contribution in [0.3, 0.4) is 0 Å². The first-order chi connectivity index (χ1) is 3.18. The molecule has 0 aromatic carbocycles. The fraction of sp³-hybridized carbons (Fsp3) is 0.333. The van der Waals surface area contributed by atoms with E-state index in [2.05, 4.69) is 5.09 Å². The van der Waals surface area contributed by atoms with Crippen molar-refractivity contribution >= 4 is 21.1 Å². The predicted octanol–water partition coefficient (Wildman–Crippen LogP) is -0.518. The molecule has 0 radical (unpaired) electrons. The molecule has 0 rings (SSSR count). The SMILES string of the molecule is CC(=O)C(=O)NP. The van der Waals surface area contributed by atoms with Crippen LogP contribution in [0.4, 0.5) is 0 Å². The Balaban J connectivity index is 3.58. The second-order valence-electron chi connectivity index (χ2n) is 1.03.